The molecule has 8 heteroatoms. The number of pyridine rings is 1. The molecule has 3 N–H and O–H groups in total. The zero-order chi connectivity index (χ0) is 17.6. The largest absolute Gasteiger partial charge is 0.382 e. The molecule has 0 fully saturated rings. The third kappa shape index (κ3) is 3.73. The number of nitrogens with zero attached hydrogens (tertiary/aromatic N) is 4. The van der Waals surface area contributed by atoms with Crippen LogP contribution in [-0.2, 0) is 6.54 Å². The molecule has 0 aliphatic heterocycles. The van der Waals surface area contributed by atoms with E-state index in [0.29, 0.717) is 11.3 Å². The Labute approximate surface area is 147 Å². The molecule has 3 rings (SSSR count). The van der Waals surface area contributed by atoms with Gasteiger partial charge in [0.1, 0.15) is 11.8 Å². The van der Waals surface area contributed by atoms with E-state index in [1.807, 2.05) is 36.4 Å². The normalized spacial score (nSPS) is 11.1. The number of hydrogen-bond acceptors (Lipinski definition) is 6. The van der Waals surface area contributed by atoms with Crippen LogP contribution < -0.4 is 16.0 Å². The number of nitrogens with one attached hydrogen (secondary N) is 1. The van der Waals surface area contributed by atoms with Gasteiger partial charge in [-0.1, -0.05) is 47.7 Å². The van der Waals surface area contributed by atoms with Gasteiger partial charge in [0.2, 0.25) is 4.80 Å². The Morgan fingerprint density at radius 2 is 2.04 bits per heavy atom. The maximum absolute atomic E-state index is 12.3. The van der Waals surface area contributed by atoms with E-state index >= 15 is 0 Å². The van der Waals surface area contributed by atoms with E-state index in [0.717, 1.165) is 16.9 Å². The molecular weight excluding hydrogens is 336 g/mol. The summed E-state index contributed by atoms with van der Waals surface area (Å²) in [4.78, 5) is 21.5. The average molecular weight is 350 g/mol. The van der Waals surface area contributed by atoms with Gasteiger partial charge in [0.15, 0.2) is 10.7 Å². The lowest BCUT2D eigenvalue weighted by Gasteiger charge is -2.07. The molecule has 0 bridgehead atoms. The number of nitrogens with two attached hydrogens (primary N) is 1. The van der Waals surface area contributed by atoms with Gasteiger partial charge in [0.25, 0.3) is 5.91 Å². The lowest BCUT2D eigenvalue weighted by Crippen LogP contribution is -2.32. The van der Waals surface area contributed by atoms with Crippen LogP contribution in [-0.4, -0.2) is 15.6 Å². The van der Waals surface area contributed by atoms with E-state index in [9.17, 15) is 10.1 Å². The van der Waals surface area contributed by atoms with Gasteiger partial charge in [0.05, 0.1) is 6.54 Å². The van der Waals surface area contributed by atoms with E-state index in [1.54, 1.807) is 18.2 Å². The maximum Gasteiger partial charge on any atom is 0.288 e. The SMILES string of the molecule is N#Cc1sc(=NCc2ccccc2)n(NC(=O)c2ccccn2)c1N. The van der Waals surface area contributed by atoms with Gasteiger partial charge in [0, 0.05) is 6.20 Å². The molecule has 2 heterocycles. The number of nitrogen functional groups attached to an aromatic ring is 1. The Bertz CT molecular complexity index is 985. The van der Waals surface area contributed by atoms with Crippen molar-refractivity contribution in [2.45, 2.75) is 6.54 Å². The Morgan fingerprint density at radius 3 is 2.72 bits per heavy atom. The molecule has 0 atom stereocenters. The fourth-order valence-electron chi connectivity index (χ4n) is 2.08. The van der Waals surface area contributed by atoms with Crippen molar-refractivity contribution >= 4 is 23.1 Å². The summed E-state index contributed by atoms with van der Waals surface area (Å²) in [6.07, 6.45) is 1.53. The number of carbonyl (C=O) groups is 1. The lowest BCUT2D eigenvalue weighted by atomic mass is 10.2. The highest BCUT2D eigenvalue weighted by Crippen LogP contribution is 2.13. The third-order valence-electron chi connectivity index (χ3n) is 3.31. The number of anilines is 1. The van der Waals surface area contributed by atoms with Crippen LogP contribution in [0.3, 0.4) is 0 Å². The first-order valence-electron chi connectivity index (χ1n) is 7.37. The van der Waals surface area contributed by atoms with Crippen molar-refractivity contribution in [3.63, 3.8) is 0 Å². The summed E-state index contributed by atoms with van der Waals surface area (Å²) >= 11 is 1.12. The molecule has 0 saturated carbocycles. The summed E-state index contributed by atoms with van der Waals surface area (Å²) in [5, 5.41) is 9.19. The van der Waals surface area contributed by atoms with Crippen molar-refractivity contribution in [3.8, 4) is 6.07 Å². The number of amides is 1. The molecule has 2 aromatic heterocycles. The van der Waals surface area contributed by atoms with Gasteiger partial charge in [-0.15, -0.1) is 0 Å². The van der Waals surface area contributed by atoms with Gasteiger partial charge in [-0.2, -0.15) is 5.26 Å². The number of thiazole rings is 1. The average Bonchev–Trinajstić information content (AvgIpc) is 2.97. The summed E-state index contributed by atoms with van der Waals surface area (Å²) in [7, 11) is 0. The molecule has 25 heavy (non-hydrogen) atoms. The zero-order valence-corrected chi connectivity index (χ0v) is 13.9. The van der Waals surface area contributed by atoms with Gasteiger partial charge in [-0.05, 0) is 17.7 Å². The smallest absolute Gasteiger partial charge is 0.288 e. The number of rotatable bonds is 4. The summed E-state index contributed by atoms with van der Waals surface area (Å²) in [5.41, 5.74) is 9.86. The first-order valence-corrected chi connectivity index (χ1v) is 8.19. The van der Waals surface area contributed by atoms with Crippen LogP contribution in [0.5, 0.6) is 0 Å². The van der Waals surface area contributed by atoms with Crippen LogP contribution in [0.1, 0.15) is 20.9 Å². The van der Waals surface area contributed by atoms with Crippen LogP contribution in [0.15, 0.2) is 59.7 Å². The standard InChI is InChI=1S/C17H14N6OS/c18-10-14-15(19)23(22-16(24)13-8-4-5-9-20-13)17(25-14)21-11-12-6-2-1-3-7-12/h1-9H,11,19H2,(H,22,24). The minimum Gasteiger partial charge on any atom is -0.382 e. The number of aromatic nitrogens is 2. The minimum absolute atomic E-state index is 0.142. The molecule has 1 amide bonds. The second kappa shape index (κ2) is 7.42. The summed E-state index contributed by atoms with van der Waals surface area (Å²) in [6, 6.07) is 16.7. The predicted molar refractivity (Wildman–Crippen MR) is 95.1 cm³/mol. The van der Waals surface area contributed by atoms with Gasteiger partial charge in [-0.3, -0.25) is 20.2 Å². The second-order valence-corrected chi connectivity index (χ2v) is 5.98. The highest BCUT2D eigenvalue weighted by Gasteiger charge is 2.14. The van der Waals surface area contributed by atoms with Crippen molar-refractivity contribution in [2.24, 2.45) is 4.99 Å². The Balaban J connectivity index is 1.94. The molecule has 7 nitrogen and oxygen atoms in total. The Morgan fingerprint density at radius 1 is 1.28 bits per heavy atom. The summed E-state index contributed by atoms with van der Waals surface area (Å²) in [6.45, 7) is 0.408. The second-order valence-electron chi connectivity index (χ2n) is 5.00. The van der Waals surface area contributed by atoms with E-state index in [2.05, 4.69) is 15.4 Å². The van der Waals surface area contributed by atoms with Crippen molar-refractivity contribution in [3.05, 3.63) is 75.7 Å². The highest BCUT2D eigenvalue weighted by molar-refractivity contribution is 7.10. The topological polar surface area (TPSA) is 109 Å². The Hall–Kier alpha value is -3.44. The molecule has 1 aromatic carbocycles. The van der Waals surface area contributed by atoms with Crippen LogP contribution >= 0.6 is 11.3 Å². The van der Waals surface area contributed by atoms with Crippen LogP contribution in [0.2, 0.25) is 0 Å². The number of hydrogen-bond donors (Lipinski definition) is 2. The predicted octanol–water partition coefficient (Wildman–Crippen LogP) is 1.88. The quantitative estimate of drug-likeness (QED) is 0.748. The van der Waals surface area contributed by atoms with Crippen LogP contribution in [0.25, 0.3) is 0 Å². The number of benzene rings is 1. The lowest BCUT2D eigenvalue weighted by molar-refractivity contribution is 0.100. The monoisotopic (exact) mass is 350 g/mol. The van der Waals surface area contributed by atoms with Crippen molar-refractivity contribution in [1.29, 1.82) is 5.26 Å². The number of nitriles is 1. The third-order valence-corrected chi connectivity index (χ3v) is 4.31. The first-order chi connectivity index (χ1) is 12.2. The highest BCUT2D eigenvalue weighted by atomic mass is 32.1. The van der Waals surface area contributed by atoms with E-state index in [4.69, 9.17) is 5.73 Å². The number of carbonyl (C=O) groups excluding carboxylic acids is 1. The van der Waals surface area contributed by atoms with Crippen molar-refractivity contribution in [2.75, 3.05) is 11.2 Å². The van der Waals surface area contributed by atoms with E-state index in [1.165, 1.54) is 10.9 Å². The van der Waals surface area contributed by atoms with Crippen LogP contribution in [0, 0.1) is 11.3 Å². The van der Waals surface area contributed by atoms with Gasteiger partial charge >= 0.3 is 0 Å². The molecule has 0 aliphatic carbocycles. The molecule has 0 spiro atoms. The van der Waals surface area contributed by atoms with Gasteiger partial charge in [-0.25, -0.2) is 4.68 Å². The molecule has 0 radical (unpaired) electrons. The van der Waals surface area contributed by atoms with Crippen LogP contribution in [0.4, 0.5) is 5.82 Å². The Kier molecular flexibility index (Phi) is 4.87. The molecule has 0 aliphatic rings. The fraction of sp³-hybridized carbons (Fsp3) is 0.0588. The first kappa shape index (κ1) is 16.4. The maximum atomic E-state index is 12.3. The molecule has 124 valence electrons. The molecular formula is C17H14N6OS. The molecule has 0 saturated heterocycles. The van der Waals surface area contributed by atoms with E-state index in [-0.39, 0.29) is 16.4 Å². The fourth-order valence-corrected chi connectivity index (χ4v) is 2.87. The van der Waals surface area contributed by atoms with E-state index < -0.39 is 5.91 Å². The van der Waals surface area contributed by atoms with Gasteiger partial charge < -0.3 is 5.73 Å². The summed E-state index contributed by atoms with van der Waals surface area (Å²) < 4.78 is 1.32. The zero-order valence-electron chi connectivity index (χ0n) is 13.1. The minimum atomic E-state index is -0.434. The molecule has 3 aromatic rings. The molecule has 0 unspecified atom stereocenters. The summed E-state index contributed by atoms with van der Waals surface area (Å²) in [5.74, 6) is -0.292. The van der Waals surface area contributed by atoms with Crippen molar-refractivity contribution in [1.82, 2.24) is 9.66 Å². The van der Waals surface area contributed by atoms with Crippen molar-refractivity contribution < 1.29 is 4.79 Å².